The van der Waals surface area contributed by atoms with E-state index in [0.29, 0.717) is 5.56 Å². The predicted octanol–water partition coefficient (Wildman–Crippen LogP) is -4.28. The van der Waals surface area contributed by atoms with Gasteiger partial charge >= 0.3 is 35.8 Å². The third-order valence-corrected chi connectivity index (χ3v) is 7.91. The molecule has 0 saturated carbocycles. The summed E-state index contributed by atoms with van der Waals surface area (Å²) < 4.78 is 0. The Labute approximate surface area is 333 Å². The summed E-state index contributed by atoms with van der Waals surface area (Å²) in [5.74, 6) is -17.1. The van der Waals surface area contributed by atoms with E-state index in [1.54, 1.807) is 23.5 Å². The van der Waals surface area contributed by atoms with Crippen molar-refractivity contribution in [1.82, 2.24) is 31.9 Å². The normalized spacial score (nSPS) is 14.2. The summed E-state index contributed by atoms with van der Waals surface area (Å²) >= 11 is 0. The molecule has 0 heterocycles. The van der Waals surface area contributed by atoms with E-state index >= 15 is 0 Å². The maximum absolute atomic E-state index is 13.8. The summed E-state index contributed by atoms with van der Waals surface area (Å²) in [5, 5.41) is 68.0. The molecule has 7 atom stereocenters. The summed E-state index contributed by atoms with van der Waals surface area (Å²) in [5.41, 5.74) is 5.86. The Bertz CT molecular complexity index is 1750. The Hall–Kier alpha value is -7.18. The molecule has 0 radical (unpaired) electrons. The van der Waals surface area contributed by atoms with E-state index in [-0.39, 0.29) is 6.42 Å². The molecule has 0 unspecified atom stereocenters. The van der Waals surface area contributed by atoms with Crippen LogP contribution in [0.4, 0.5) is 0 Å². The van der Waals surface area contributed by atoms with Crippen molar-refractivity contribution in [3.63, 3.8) is 0 Å². The largest absolute Gasteiger partial charge is 0.481 e. The lowest BCUT2D eigenvalue weighted by Gasteiger charge is -2.27. The van der Waals surface area contributed by atoms with Crippen molar-refractivity contribution in [3.05, 3.63) is 35.9 Å². The number of nitrogens with one attached hydrogen (secondary N) is 6. The van der Waals surface area contributed by atoms with E-state index < -0.39 is 158 Å². The molecular formula is C34H45N7O18. The van der Waals surface area contributed by atoms with E-state index in [0.717, 1.165) is 0 Å². The molecule has 0 fully saturated rings. The van der Waals surface area contributed by atoms with E-state index in [2.05, 4.69) is 21.3 Å². The zero-order valence-corrected chi connectivity index (χ0v) is 31.2. The minimum Gasteiger partial charge on any atom is -0.481 e. The lowest BCUT2D eigenvalue weighted by Crippen LogP contribution is -2.60. The van der Waals surface area contributed by atoms with Gasteiger partial charge in [-0.1, -0.05) is 30.3 Å². The van der Waals surface area contributed by atoms with Crippen LogP contribution in [0.15, 0.2) is 30.3 Å². The second-order valence-corrected chi connectivity index (χ2v) is 12.8. The average Bonchev–Trinajstić information content (AvgIpc) is 3.13. The van der Waals surface area contributed by atoms with Gasteiger partial charge in [-0.3, -0.25) is 52.7 Å². The maximum atomic E-state index is 13.8. The Morgan fingerprint density at radius 2 is 0.780 bits per heavy atom. The lowest BCUT2D eigenvalue weighted by molar-refractivity contribution is -0.148. The number of rotatable bonds is 27. The number of nitrogens with two attached hydrogens (primary N) is 1. The first-order valence-corrected chi connectivity index (χ1v) is 17.4. The molecule has 0 spiro atoms. The SMILES string of the molecule is C[C@H](N)C(=O)N[C@@H](CC(=O)O)C(=O)N[C@@H](CCC(=O)O)C(=O)N[C@@H](Cc1ccccc1)C(=O)N[C@@H](CCC(=O)O)C(=O)N[C@@H](CC(=O)O)C(=O)N[C@@H](CC(=O)O)C(=O)O. The fourth-order valence-corrected chi connectivity index (χ4v) is 4.94. The minimum atomic E-state index is -2.10. The molecule has 324 valence electrons. The number of aliphatic carboxylic acids is 6. The van der Waals surface area contributed by atoms with E-state index in [1.165, 1.54) is 19.1 Å². The maximum Gasteiger partial charge on any atom is 0.326 e. The second-order valence-electron chi connectivity index (χ2n) is 12.8. The van der Waals surface area contributed by atoms with Crippen molar-refractivity contribution in [1.29, 1.82) is 0 Å². The number of benzene rings is 1. The molecular weight excluding hydrogens is 794 g/mol. The van der Waals surface area contributed by atoms with Crippen LogP contribution in [-0.2, 0) is 64.0 Å². The highest BCUT2D eigenvalue weighted by atomic mass is 16.4. The van der Waals surface area contributed by atoms with Gasteiger partial charge in [-0.25, -0.2) is 4.79 Å². The van der Waals surface area contributed by atoms with Gasteiger partial charge in [0, 0.05) is 19.3 Å². The number of carbonyl (C=O) groups excluding carboxylic acids is 6. The molecule has 0 aromatic heterocycles. The van der Waals surface area contributed by atoms with Crippen LogP contribution in [0.5, 0.6) is 0 Å². The van der Waals surface area contributed by atoms with Crippen LogP contribution in [0.3, 0.4) is 0 Å². The zero-order valence-electron chi connectivity index (χ0n) is 31.2. The highest BCUT2D eigenvalue weighted by molar-refractivity contribution is 5.98. The molecule has 59 heavy (non-hydrogen) atoms. The number of amides is 6. The van der Waals surface area contributed by atoms with Crippen LogP contribution in [0, 0.1) is 0 Å². The Balaban J connectivity index is 3.54. The van der Waals surface area contributed by atoms with Gasteiger partial charge in [0.05, 0.1) is 25.3 Å². The summed E-state index contributed by atoms with van der Waals surface area (Å²) in [4.78, 5) is 148. The highest BCUT2D eigenvalue weighted by Crippen LogP contribution is 2.09. The van der Waals surface area contributed by atoms with Crippen LogP contribution in [-0.4, -0.2) is 144 Å². The first kappa shape index (κ1) is 49.8. The quantitative estimate of drug-likeness (QED) is 0.0399. The molecule has 25 nitrogen and oxygen atoms in total. The molecule has 6 amide bonds. The number of hydrogen-bond acceptors (Lipinski definition) is 13. The third kappa shape index (κ3) is 19.5. The Kier molecular flexibility index (Phi) is 20.7. The van der Waals surface area contributed by atoms with Gasteiger partial charge in [-0.2, -0.15) is 0 Å². The fraction of sp³-hybridized carbons (Fsp3) is 0.471. The Morgan fingerprint density at radius 3 is 1.15 bits per heavy atom. The molecule has 0 aliphatic heterocycles. The van der Waals surface area contributed by atoms with Crippen molar-refractivity contribution >= 4 is 71.3 Å². The average molecular weight is 840 g/mol. The Morgan fingerprint density at radius 1 is 0.458 bits per heavy atom. The van der Waals surface area contributed by atoms with Crippen LogP contribution in [0.25, 0.3) is 0 Å². The topological polar surface area (TPSA) is 424 Å². The van der Waals surface area contributed by atoms with Gasteiger partial charge in [0.15, 0.2) is 0 Å². The van der Waals surface area contributed by atoms with Crippen molar-refractivity contribution in [2.45, 2.75) is 101 Å². The number of carboxylic acid groups (broad SMARTS) is 6. The second kappa shape index (κ2) is 24.5. The number of carbonyl (C=O) groups is 12. The molecule has 1 aromatic carbocycles. The van der Waals surface area contributed by atoms with Crippen molar-refractivity contribution in [2.75, 3.05) is 0 Å². The molecule has 0 saturated heterocycles. The highest BCUT2D eigenvalue weighted by Gasteiger charge is 2.35. The molecule has 0 bridgehead atoms. The van der Waals surface area contributed by atoms with Gasteiger partial charge in [0.2, 0.25) is 35.4 Å². The predicted molar refractivity (Wildman–Crippen MR) is 194 cm³/mol. The lowest BCUT2D eigenvalue weighted by atomic mass is 10.0. The van der Waals surface area contributed by atoms with E-state index in [9.17, 15) is 83.1 Å². The molecule has 0 aliphatic rings. The van der Waals surface area contributed by atoms with Crippen LogP contribution < -0.4 is 37.6 Å². The zero-order chi connectivity index (χ0) is 45.0. The van der Waals surface area contributed by atoms with E-state index in [1.807, 2.05) is 5.32 Å². The summed E-state index contributed by atoms with van der Waals surface area (Å²) in [7, 11) is 0. The van der Waals surface area contributed by atoms with Gasteiger partial charge in [0.25, 0.3) is 0 Å². The summed E-state index contributed by atoms with van der Waals surface area (Å²) in [6.45, 7) is 1.23. The molecule has 0 aliphatic carbocycles. The molecule has 25 heteroatoms. The smallest absolute Gasteiger partial charge is 0.326 e. The van der Waals surface area contributed by atoms with Crippen LogP contribution in [0.2, 0.25) is 0 Å². The van der Waals surface area contributed by atoms with Crippen molar-refractivity contribution < 1.29 is 88.2 Å². The third-order valence-electron chi connectivity index (χ3n) is 7.91. The molecule has 1 aromatic rings. The number of hydrogen-bond donors (Lipinski definition) is 13. The van der Waals surface area contributed by atoms with Crippen molar-refractivity contribution in [3.8, 4) is 0 Å². The first-order chi connectivity index (χ1) is 27.5. The minimum absolute atomic E-state index is 0.373. The standard InChI is InChI=1S/C34H45N7O18/c1-15(35)28(52)38-20(12-25(46)47)32(56)37-17(7-9-23(42)43)29(53)39-19(11-16-5-3-2-4-6-16)31(55)36-18(8-10-24(44)45)30(54)40-21(13-26(48)49)33(57)41-22(34(58)59)14-27(50)51/h2-6,15,17-22H,7-14,35H2,1H3,(H,36,55)(H,37,56)(H,38,52)(H,39,53)(H,40,54)(H,41,57)(H,42,43)(H,44,45)(H,46,47)(H,48,49)(H,50,51)(H,58,59)/t15-,17-,18-,19-,20-,21-,22-/m0/s1. The summed E-state index contributed by atoms with van der Waals surface area (Å²) in [6.07, 6.45) is -6.63. The van der Waals surface area contributed by atoms with Crippen LogP contribution >= 0.6 is 0 Å². The summed E-state index contributed by atoms with van der Waals surface area (Å²) in [6, 6.07) is -4.88. The fourth-order valence-electron chi connectivity index (χ4n) is 4.94. The molecule has 1 rings (SSSR count). The van der Waals surface area contributed by atoms with Crippen LogP contribution in [0.1, 0.15) is 57.4 Å². The van der Waals surface area contributed by atoms with Gasteiger partial charge in [-0.05, 0) is 25.3 Å². The van der Waals surface area contributed by atoms with Crippen molar-refractivity contribution in [2.24, 2.45) is 5.73 Å². The monoisotopic (exact) mass is 839 g/mol. The van der Waals surface area contributed by atoms with E-state index in [4.69, 9.17) is 10.8 Å². The molecule has 14 N–H and O–H groups in total. The van der Waals surface area contributed by atoms with Gasteiger partial charge < -0.3 is 68.3 Å². The van der Waals surface area contributed by atoms with Gasteiger partial charge in [0.1, 0.15) is 36.3 Å². The number of carboxylic acids is 6. The van der Waals surface area contributed by atoms with Gasteiger partial charge in [-0.15, -0.1) is 0 Å². The first-order valence-electron chi connectivity index (χ1n) is 17.4.